The van der Waals surface area contributed by atoms with Crippen LogP contribution in [0.2, 0.25) is 0 Å². The number of aromatic nitrogens is 3. The van der Waals surface area contributed by atoms with Crippen LogP contribution in [0, 0.1) is 6.92 Å². The molecule has 0 spiro atoms. The summed E-state index contributed by atoms with van der Waals surface area (Å²) in [5.74, 6) is 0.611. The fraction of sp³-hybridized carbons (Fsp3) is 0.526. The fourth-order valence-electron chi connectivity index (χ4n) is 3.08. The number of rotatable bonds is 7. The minimum atomic E-state index is -0.212. The Kier molecular flexibility index (Phi) is 6.22. The molecule has 0 aliphatic carbocycles. The summed E-state index contributed by atoms with van der Waals surface area (Å²) in [5, 5.41) is 14.4. The zero-order valence-corrected chi connectivity index (χ0v) is 15.4. The van der Waals surface area contributed by atoms with E-state index in [1.807, 2.05) is 42.8 Å². The number of hydrogen-bond donors (Lipinski definition) is 2. The van der Waals surface area contributed by atoms with Gasteiger partial charge in [0.1, 0.15) is 11.9 Å². The number of nitrogens with one attached hydrogen (secondary N) is 2. The lowest BCUT2D eigenvalue weighted by Gasteiger charge is -2.22. The van der Waals surface area contributed by atoms with E-state index < -0.39 is 0 Å². The van der Waals surface area contributed by atoms with Gasteiger partial charge in [-0.25, -0.2) is 4.68 Å². The lowest BCUT2D eigenvalue weighted by atomic mass is 10.1. The van der Waals surface area contributed by atoms with E-state index in [1.165, 1.54) is 0 Å². The number of hydrogen-bond acceptors (Lipinski definition) is 5. The quantitative estimate of drug-likeness (QED) is 0.793. The van der Waals surface area contributed by atoms with Crippen molar-refractivity contribution in [1.29, 1.82) is 0 Å². The number of nitrogens with zero attached hydrogens (tertiary/aromatic N) is 3. The first-order valence-electron chi connectivity index (χ1n) is 9.29. The molecule has 1 aliphatic heterocycles. The first kappa shape index (κ1) is 18.4. The molecule has 2 N–H and O–H groups in total. The Balaban J connectivity index is 1.53. The van der Waals surface area contributed by atoms with Crippen molar-refractivity contribution >= 4 is 5.91 Å². The smallest absolute Gasteiger partial charge is 0.273 e. The average molecular weight is 357 g/mol. The zero-order valence-electron chi connectivity index (χ0n) is 15.4. The van der Waals surface area contributed by atoms with Crippen molar-refractivity contribution in [3.8, 4) is 5.75 Å². The minimum Gasteiger partial charge on any atom is -0.489 e. The lowest BCUT2D eigenvalue weighted by Crippen LogP contribution is -2.35. The summed E-state index contributed by atoms with van der Waals surface area (Å²) in [5.41, 5.74) is 1.50. The first-order chi connectivity index (χ1) is 12.7. The molecule has 2 aromatic rings. The molecule has 1 saturated heterocycles. The predicted octanol–water partition coefficient (Wildman–Crippen LogP) is 2.10. The van der Waals surface area contributed by atoms with Gasteiger partial charge in [-0.05, 0) is 57.0 Å². The Hall–Kier alpha value is -2.41. The second-order valence-corrected chi connectivity index (χ2v) is 6.74. The van der Waals surface area contributed by atoms with E-state index in [0.717, 1.165) is 43.7 Å². The van der Waals surface area contributed by atoms with E-state index in [1.54, 1.807) is 6.20 Å². The molecule has 2 heterocycles. The number of aryl methyl sites for hydroxylation is 1. The van der Waals surface area contributed by atoms with Crippen LogP contribution >= 0.6 is 0 Å². The Bertz CT molecular complexity index is 724. The minimum absolute atomic E-state index is 0.0831. The Morgan fingerprint density at radius 3 is 2.96 bits per heavy atom. The number of carbonyl (C=O) groups is 1. The number of ether oxygens (including phenoxy) is 1. The average Bonchev–Trinajstić information content (AvgIpc) is 3.16. The molecule has 0 bridgehead atoms. The Morgan fingerprint density at radius 2 is 2.23 bits per heavy atom. The van der Waals surface area contributed by atoms with Crippen LogP contribution in [0.5, 0.6) is 5.75 Å². The van der Waals surface area contributed by atoms with Crippen LogP contribution in [-0.4, -0.2) is 46.6 Å². The van der Waals surface area contributed by atoms with Gasteiger partial charge in [0.2, 0.25) is 0 Å². The highest BCUT2D eigenvalue weighted by Gasteiger charge is 2.19. The third-order valence-corrected chi connectivity index (χ3v) is 4.66. The summed E-state index contributed by atoms with van der Waals surface area (Å²) in [4.78, 5) is 12.4. The maximum absolute atomic E-state index is 12.4. The van der Waals surface area contributed by atoms with Crippen molar-refractivity contribution in [2.24, 2.45) is 0 Å². The molecule has 1 aliphatic rings. The monoisotopic (exact) mass is 357 g/mol. The maximum Gasteiger partial charge on any atom is 0.273 e. The molecular weight excluding hydrogens is 330 g/mol. The van der Waals surface area contributed by atoms with Gasteiger partial charge in [-0.1, -0.05) is 24.3 Å². The highest BCUT2D eigenvalue weighted by Crippen LogP contribution is 2.17. The van der Waals surface area contributed by atoms with Crippen LogP contribution in [-0.2, 0) is 0 Å². The second kappa shape index (κ2) is 8.80. The maximum atomic E-state index is 12.4. The summed E-state index contributed by atoms with van der Waals surface area (Å²) in [6, 6.07) is 8.24. The van der Waals surface area contributed by atoms with E-state index in [-0.39, 0.29) is 12.0 Å². The molecule has 1 fully saturated rings. The number of benzene rings is 1. The third-order valence-electron chi connectivity index (χ3n) is 4.66. The van der Waals surface area contributed by atoms with E-state index in [9.17, 15) is 4.79 Å². The van der Waals surface area contributed by atoms with Gasteiger partial charge in [0.05, 0.1) is 18.8 Å². The standard InChI is InChI=1S/C19H27N5O2/c1-3-16(26-17-6-4-5-14(2)11-17)12-21-19(25)18-13-24(23-22-18)15-7-9-20-10-8-15/h4-6,11,13,15-16,20H,3,7-10,12H2,1-2H3,(H,21,25). The summed E-state index contributed by atoms with van der Waals surface area (Å²) in [6.45, 7) is 6.45. The molecular formula is C19H27N5O2. The van der Waals surface area contributed by atoms with Crippen molar-refractivity contribution in [2.45, 2.75) is 45.3 Å². The normalized spacial score (nSPS) is 16.2. The van der Waals surface area contributed by atoms with Gasteiger partial charge in [0.25, 0.3) is 5.91 Å². The van der Waals surface area contributed by atoms with Gasteiger partial charge in [0, 0.05) is 0 Å². The topological polar surface area (TPSA) is 81.1 Å². The molecule has 1 aromatic heterocycles. The van der Waals surface area contributed by atoms with Gasteiger partial charge in [0.15, 0.2) is 5.69 Å². The fourth-order valence-corrected chi connectivity index (χ4v) is 3.08. The van der Waals surface area contributed by atoms with Crippen LogP contribution in [0.15, 0.2) is 30.5 Å². The molecule has 1 atom stereocenters. The lowest BCUT2D eigenvalue weighted by molar-refractivity contribution is 0.0921. The molecule has 7 nitrogen and oxygen atoms in total. The van der Waals surface area contributed by atoms with Crippen LogP contribution < -0.4 is 15.4 Å². The highest BCUT2D eigenvalue weighted by molar-refractivity contribution is 5.91. The molecule has 7 heteroatoms. The summed E-state index contributed by atoms with van der Waals surface area (Å²) >= 11 is 0. The van der Waals surface area contributed by atoms with Crippen LogP contribution in [0.4, 0.5) is 0 Å². The summed E-state index contributed by atoms with van der Waals surface area (Å²) in [7, 11) is 0. The molecule has 1 aromatic carbocycles. The molecule has 1 amide bonds. The molecule has 140 valence electrons. The van der Waals surface area contributed by atoms with E-state index in [2.05, 4.69) is 20.9 Å². The third kappa shape index (κ3) is 4.82. The van der Waals surface area contributed by atoms with Crippen molar-refractivity contribution in [2.75, 3.05) is 19.6 Å². The van der Waals surface area contributed by atoms with E-state index >= 15 is 0 Å². The van der Waals surface area contributed by atoms with Crippen molar-refractivity contribution < 1.29 is 9.53 Å². The van der Waals surface area contributed by atoms with Gasteiger partial charge in [-0.2, -0.15) is 0 Å². The summed E-state index contributed by atoms with van der Waals surface area (Å²) in [6.07, 6.45) is 4.48. The second-order valence-electron chi connectivity index (χ2n) is 6.74. The van der Waals surface area contributed by atoms with Gasteiger partial charge < -0.3 is 15.4 Å². The predicted molar refractivity (Wildman–Crippen MR) is 99.4 cm³/mol. The molecule has 3 rings (SSSR count). The molecule has 26 heavy (non-hydrogen) atoms. The number of piperidine rings is 1. The Labute approximate surface area is 154 Å². The molecule has 0 radical (unpaired) electrons. The van der Waals surface area contributed by atoms with Crippen molar-refractivity contribution in [3.05, 3.63) is 41.7 Å². The van der Waals surface area contributed by atoms with Gasteiger partial charge in [-0.3, -0.25) is 4.79 Å². The van der Waals surface area contributed by atoms with Crippen molar-refractivity contribution in [3.63, 3.8) is 0 Å². The van der Waals surface area contributed by atoms with Crippen molar-refractivity contribution in [1.82, 2.24) is 25.6 Å². The zero-order chi connectivity index (χ0) is 18.4. The largest absolute Gasteiger partial charge is 0.489 e. The summed E-state index contributed by atoms with van der Waals surface area (Å²) < 4.78 is 7.78. The highest BCUT2D eigenvalue weighted by atomic mass is 16.5. The van der Waals surface area contributed by atoms with Crippen LogP contribution in [0.25, 0.3) is 0 Å². The number of amides is 1. The van der Waals surface area contributed by atoms with E-state index in [0.29, 0.717) is 18.3 Å². The molecule has 0 saturated carbocycles. The SMILES string of the molecule is CCC(CNC(=O)c1cn(C2CCNCC2)nn1)Oc1cccc(C)c1. The number of carbonyl (C=O) groups excluding carboxylic acids is 1. The van der Waals surface area contributed by atoms with Crippen LogP contribution in [0.3, 0.4) is 0 Å². The molecule has 1 unspecified atom stereocenters. The van der Waals surface area contributed by atoms with E-state index in [4.69, 9.17) is 4.74 Å². The van der Waals surface area contributed by atoms with Gasteiger partial charge >= 0.3 is 0 Å². The Morgan fingerprint density at radius 1 is 1.42 bits per heavy atom. The van der Waals surface area contributed by atoms with Gasteiger partial charge in [-0.15, -0.1) is 5.10 Å². The van der Waals surface area contributed by atoms with Crippen LogP contribution in [0.1, 0.15) is 48.3 Å². The first-order valence-corrected chi connectivity index (χ1v) is 9.29.